The van der Waals surface area contributed by atoms with Crippen LogP contribution in [0.15, 0.2) is 65.7 Å². The van der Waals surface area contributed by atoms with E-state index in [-0.39, 0.29) is 22.7 Å². The van der Waals surface area contributed by atoms with Crippen LogP contribution in [0.2, 0.25) is 0 Å². The Balaban J connectivity index is 1.82. The van der Waals surface area contributed by atoms with Gasteiger partial charge in [0, 0.05) is 37.1 Å². The minimum Gasteiger partial charge on any atom is -0.348 e. The fraction of sp³-hybridized carbons (Fsp3) is 0.158. The Kier molecular flexibility index (Phi) is 4.67. The summed E-state index contributed by atoms with van der Waals surface area (Å²) in [4.78, 5) is 10.1. The molecule has 1 aliphatic rings. The molecule has 0 bridgehead atoms. The number of halogens is 2. The Hall–Kier alpha value is -3.11. The molecule has 0 aliphatic carbocycles. The lowest BCUT2D eigenvalue weighted by Crippen LogP contribution is -2.42. The molecular formula is C19H15F2N3O4S. The quantitative estimate of drug-likeness (QED) is 0.479. The molecule has 0 spiro atoms. The highest BCUT2D eigenvalue weighted by Gasteiger charge is 2.38. The summed E-state index contributed by atoms with van der Waals surface area (Å²) in [7, 11) is -4.06. The van der Waals surface area contributed by atoms with Gasteiger partial charge in [-0.1, -0.05) is 6.07 Å². The Morgan fingerprint density at radius 1 is 1.00 bits per heavy atom. The molecule has 2 heterocycles. The predicted octanol–water partition coefficient (Wildman–Crippen LogP) is 3.47. The molecule has 0 N–H and O–H groups in total. The van der Waals surface area contributed by atoms with Crippen LogP contribution in [-0.2, 0) is 16.6 Å². The van der Waals surface area contributed by atoms with Crippen LogP contribution in [0, 0.1) is 21.7 Å². The van der Waals surface area contributed by atoms with Crippen molar-refractivity contribution in [2.45, 2.75) is 17.5 Å². The van der Waals surface area contributed by atoms with E-state index in [1.165, 1.54) is 22.5 Å². The van der Waals surface area contributed by atoms with Gasteiger partial charge in [0.1, 0.15) is 0 Å². The largest absolute Gasteiger partial charge is 0.348 e. The number of sulfonamides is 1. The first kappa shape index (κ1) is 19.2. The van der Waals surface area contributed by atoms with Crippen LogP contribution in [0.3, 0.4) is 0 Å². The van der Waals surface area contributed by atoms with E-state index in [9.17, 15) is 27.3 Å². The molecule has 0 saturated carbocycles. The molecule has 29 heavy (non-hydrogen) atoms. The first-order chi connectivity index (χ1) is 13.8. The fourth-order valence-corrected chi connectivity index (χ4v) is 5.10. The monoisotopic (exact) mass is 419 g/mol. The maximum Gasteiger partial charge on any atom is 0.269 e. The highest BCUT2D eigenvalue weighted by Crippen LogP contribution is 2.37. The van der Waals surface area contributed by atoms with Crippen LogP contribution in [-0.4, -0.2) is 28.8 Å². The number of aromatic nitrogens is 1. The number of nitro benzene ring substituents is 1. The molecule has 0 amide bonds. The van der Waals surface area contributed by atoms with Crippen molar-refractivity contribution in [3.63, 3.8) is 0 Å². The summed E-state index contributed by atoms with van der Waals surface area (Å²) in [6, 6.07) is 10.5. The standard InChI is InChI=1S/C19H15F2N3O4S/c20-16-8-3-13(12-17(16)21)19-18-2-1-9-22(18)10-11-23(19)29(27,28)15-6-4-14(5-7-15)24(25)26/h1-9,12,19H,10-11H2. The van der Waals surface area contributed by atoms with E-state index >= 15 is 0 Å². The van der Waals surface area contributed by atoms with Gasteiger partial charge in [0.15, 0.2) is 11.6 Å². The zero-order valence-corrected chi connectivity index (χ0v) is 15.7. The SMILES string of the molecule is O=[N+]([O-])c1ccc(S(=O)(=O)N2CCn3cccc3C2c2ccc(F)c(F)c2)cc1. The molecule has 2 aromatic carbocycles. The van der Waals surface area contributed by atoms with Crippen molar-refractivity contribution in [2.24, 2.45) is 0 Å². The summed E-state index contributed by atoms with van der Waals surface area (Å²) in [6.07, 6.45) is 1.79. The second-order valence-electron chi connectivity index (χ2n) is 6.57. The van der Waals surface area contributed by atoms with Gasteiger partial charge in [-0.3, -0.25) is 10.1 Å². The number of nitro groups is 1. The third kappa shape index (κ3) is 3.30. The lowest BCUT2D eigenvalue weighted by molar-refractivity contribution is -0.384. The lowest BCUT2D eigenvalue weighted by Gasteiger charge is -2.36. The summed E-state index contributed by atoms with van der Waals surface area (Å²) < 4.78 is 57.0. The number of non-ortho nitro benzene ring substituents is 1. The van der Waals surface area contributed by atoms with Crippen molar-refractivity contribution in [3.05, 3.63) is 93.8 Å². The first-order valence-corrected chi connectivity index (χ1v) is 10.1. The van der Waals surface area contributed by atoms with E-state index in [0.717, 1.165) is 24.3 Å². The molecule has 0 fully saturated rings. The van der Waals surface area contributed by atoms with Crippen LogP contribution in [0.4, 0.5) is 14.5 Å². The molecule has 1 aromatic heterocycles. The molecule has 7 nitrogen and oxygen atoms in total. The van der Waals surface area contributed by atoms with Gasteiger partial charge in [-0.25, -0.2) is 17.2 Å². The molecule has 150 valence electrons. The number of rotatable bonds is 4. The number of hydrogen-bond donors (Lipinski definition) is 0. The van der Waals surface area contributed by atoms with Crippen LogP contribution in [0.5, 0.6) is 0 Å². The minimum absolute atomic E-state index is 0.102. The van der Waals surface area contributed by atoms with Crippen LogP contribution < -0.4 is 0 Å². The van der Waals surface area contributed by atoms with Crippen molar-refractivity contribution >= 4 is 15.7 Å². The molecule has 0 radical (unpaired) electrons. The van der Waals surface area contributed by atoms with Crippen LogP contribution >= 0.6 is 0 Å². The van der Waals surface area contributed by atoms with Gasteiger partial charge in [-0.2, -0.15) is 4.31 Å². The maximum atomic E-state index is 13.9. The Morgan fingerprint density at radius 3 is 2.38 bits per heavy atom. The summed E-state index contributed by atoms with van der Waals surface area (Å²) >= 11 is 0. The molecule has 1 unspecified atom stereocenters. The Bertz CT molecular complexity index is 1190. The molecular weight excluding hydrogens is 404 g/mol. The van der Waals surface area contributed by atoms with Gasteiger partial charge in [0.2, 0.25) is 10.0 Å². The molecule has 1 aliphatic heterocycles. The van der Waals surface area contributed by atoms with Crippen molar-refractivity contribution in [1.82, 2.24) is 8.87 Å². The summed E-state index contributed by atoms with van der Waals surface area (Å²) in [5.41, 5.74) is 0.676. The van der Waals surface area contributed by atoms with E-state index in [0.29, 0.717) is 12.2 Å². The van der Waals surface area contributed by atoms with Gasteiger partial charge in [-0.15, -0.1) is 0 Å². The normalized spacial score (nSPS) is 17.1. The summed E-state index contributed by atoms with van der Waals surface area (Å²) in [6.45, 7) is 0.486. The molecule has 0 saturated heterocycles. The Morgan fingerprint density at radius 2 is 1.72 bits per heavy atom. The first-order valence-electron chi connectivity index (χ1n) is 8.65. The highest BCUT2D eigenvalue weighted by molar-refractivity contribution is 7.89. The highest BCUT2D eigenvalue weighted by atomic mass is 32.2. The van der Waals surface area contributed by atoms with Gasteiger partial charge in [-0.05, 0) is 42.0 Å². The van der Waals surface area contributed by atoms with Gasteiger partial charge in [0.25, 0.3) is 5.69 Å². The number of benzene rings is 2. The summed E-state index contributed by atoms with van der Waals surface area (Å²) in [5.74, 6) is -2.09. The molecule has 1 atom stereocenters. The zero-order chi connectivity index (χ0) is 20.8. The summed E-state index contributed by atoms with van der Waals surface area (Å²) in [5, 5.41) is 10.8. The van der Waals surface area contributed by atoms with Crippen LogP contribution in [0.1, 0.15) is 17.3 Å². The average molecular weight is 419 g/mol. The van der Waals surface area contributed by atoms with E-state index in [1.54, 1.807) is 18.3 Å². The predicted molar refractivity (Wildman–Crippen MR) is 99.6 cm³/mol. The van der Waals surface area contributed by atoms with E-state index in [2.05, 4.69) is 0 Å². The number of nitrogens with zero attached hydrogens (tertiary/aromatic N) is 3. The molecule has 10 heteroatoms. The lowest BCUT2D eigenvalue weighted by atomic mass is 10.0. The zero-order valence-electron chi connectivity index (χ0n) is 14.9. The number of fused-ring (bicyclic) bond motifs is 1. The van der Waals surface area contributed by atoms with E-state index < -0.39 is 32.6 Å². The smallest absolute Gasteiger partial charge is 0.269 e. The van der Waals surface area contributed by atoms with Gasteiger partial charge in [0.05, 0.1) is 15.9 Å². The van der Waals surface area contributed by atoms with Crippen molar-refractivity contribution < 1.29 is 22.1 Å². The third-order valence-electron chi connectivity index (χ3n) is 4.91. The van der Waals surface area contributed by atoms with Gasteiger partial charge < -0.3 is 4.57 Å². The van der Waals surface area contributed by atoms with Crippen molar-refractivity contribution in [1.29, 1.82) is 0 Å². The Labute approximate surface area is 165 Å². The van der Waals surface area contributed by atoms with Gasteiger partial charge >= 0.3 is 0 Å². The second kappa shape index (κ2) is 7.05. The fourth-order valence-electron chi connectivity index (χ4n) is 3.52. The molecule has 3 aromatic rings. The average Bonchev–Trinajstić information content (AvgIpc) is 3.18. The van der Waals surface area contributed by atoms with Crippen molar-refractivity contribution in [3.8, 4) is 0 Å². The second-order valence-corrected chi connectivity index (χ2v) is 8.46. The van der Waals surface area contributed by atoms with E-state index in [1.807, 2.05) is 4.57 Å². The molecule has 4 rings (SSSR count). The van der Waals surface area contributed by atoms with Crippen LogP contribution in [0.25, 0.3) is 0 Å². The minimum atomic E-state index is -4.06. The third-order valence-corrected chi connectivity index (χ3v) is 6.79. The topological polar surface area (TPSA) is 85.4 Å². The van der Waals surface area contributed by atoms with E-state index in [4.69, 9.17) is 0 Å². The van der Waals surface area contributed by atoms with Crippen molar-refractivity contribution in [2.75, 3.05) is 6.54 Å². The maximum absolute atomic E-state index is 13.9. The number of hydrogen-bond acceptors (Lipinski definition) is 4.